The molecule has 2 aromatic rings. The van der Waals surface area contributed by atoms with Crippen LogP contribution in [0.15, 0.2) is 48.5 Å². The molecule has 0 atom stereocenters. The third kappa shape index (κ3) is 3.66. The lowest BCUT2D eigenvalue weighted by molar-refractivity contribution is -0.384. The van der Waals surface area contributed by atoms with Crippen LogP contribution in [0.3, 0.4) is 0 Å². The second-order valence-corrected chi connectivity index (χ2v) is 7.79. The number of thiocarbonyl (C=S) groups is 1. The molecule has 1 N–H and O–H groups in total. The van der Waals surface area contributed by atoms with Crippen molar-refractivity contribution in [2.45, 2.75) is 33.2 Å². The Morgan fingerprint density at radius 1 is 1.18 bits per heavy atom. The van der Waals surface area contributed by atoms with Gasteiger partial charge in [0, 0.05) is 23.3 Å². The molecule has 0 aromatic heterocycles. The number of fused-ring (bicyclic) bond motifs is 1. The van der Waals surface area contributed by atoms with Gasteiger partial charge >= 0.3 is 0 Å². The Balaban J connectivity index is 1.94. The number of aryl methyl sites for hydroxylation is 1. The van der Waals surface area contributed by atoms with Gasteiger partial charge in [0.05, 0.1) is 16.1 Å². The molecule has 0 radical (unpaired) electrons. The van der Waals surface area contributed by atoms with Crippen LogP contribution in [0.2, 0.25) is 0 Å². The topological polar surface area (TPSA) is 75.5 Å². The Morgan fingerprint density at radius 2 is 1.89 bits per heavy atom. The van der Waals surface area contributed by atoms with Crippen molar-refractivity contribution >= 4 is 40.2 Å². The van der Waals surface area contributed by atoms with Crippen molar-refractivity contribution in [1.29, 1.82) is 0 Å². The SMILES string of the molecule is CC1=CC(C)(C)N(C(=S)NC(=O)c2cccc([N+](=O)[O-])c2)c2cc(C)ccc21. The molecule has 0 saturated carbocycles. The van der Waals surface area contributed by atoms with Gasteiger partial charge in [0.2, 0.25) is 0 Å². The van der Waals surface area contributed by atoms with Crippen molar-refractivity contribution in [2.24, 2.45) is 0 Å². The maximum Gasteiger partial charge on any atom is 0.270 e. The second kappa shape index (κ2) is 7.16. The largest absolute Gasteiger partial charge is 0.309 e. The summed E-state index contributed by atoms with van der Waals surface area (Å²) in [5.41, 5.74) is 3.80. The quantitative estimate of drug-likeness (QED) is 0.456. The maximum atomic E-state index is 12.7. The first-order valence-electron chi connectivity index (χ1n) is 8.80. The molecule has 0 saturated heterocycles. The zero-order valence-corrected chi connectivity index (χ0v) is 17.0. The Bertz CT molecular complexity index is 1030. The van der Waals surface area contributed by atoms with Gasteiger partial charge in [0.25, 0.3) is 11.6 Å². The number of rotatable bonds is 2. The van der Waals surface area contributed by atoms with Crippen LogP contribution in [0.25, 0.3) is 5.57 Å². The van der Waals surface area contributed by atoms with E-state index in [1.54, 1.807) is 0 Å². The molecular formula is C21H21N3O3S. The maximum absolute atomic E-state index is 12.7. The minimum Gasteiger partial charge on any atom is -0.309 e. The molecule has 0 bridgehead atoms. The van der Waals surface area contributed by atoms with Gasteiger partial charge in [-0.25, -0.2) is 0 Å². The third-order valence-corrected chi connectivity index (χ3v) is 4.99. The summed E-state index contributed by atoms with van der Waals surface area (Å²) in [4.78, 5) is 25.0. The first kappa shape index (κ1) is 19.7. The lowest BCUT2D eigenvalue weighted by Gasteiger charge is -2.43. The fourth-order valence-corrected chi connectivity index (χ4v) is 3.93. The van der Waals surface area contributed by atoms with E-state index >= 15 is 0 Å². The number of nitrogens with zero attached hydrogens (tertiary/aromatic N) is 2. The predicted molar refractivity (Wildman–Crippen MR) is 115 cm³/mol. The van der Waals surface area contributed by atoms with Crippen molar-refractivity contribution in [2.75, 3.05) is 4.90 Å². The number of carbonyl (C=O) groups is 1. The van der Waals surface area contributed by atoms with Crippen molar-refractivity contribution in [3.8, 4) is 0 Å². The van der Waals surface area contributed by atoms with Crippen LogP contribution in [0.1, 0.15) is 42.3 Å². The lowest BCUT2D eigenvalue weighted by atomic mass is 9.88. The van der Waals surface area contributed by atoms with Crippen molar-refractivity contribution < 1.29 is 9.72 Å². The average Bonchev–Trinajstić information content (AvgIpc) is 2.60. The van der Waals surface area contributed by atoms with Crippen LogP contribution in [-0.4, -0.2) is 21.5 Å². The number of nitrogens with one attached hydrogen (secondary N) is 1. The summed E-state index contributed by atoms with van der Waals surface area (Å²) in [7, 11) is 0. The van der Waals surface area contributed by atoms with Gasteiger partial charge in [-0.2, -0.15) is 0 Å². The van der Waals surface area contributed by atoms with E-state index in [1.165, 1.54) is 24.3 Å². The molecule has 28 heavy (non-hydrogen) atoms. The third-order valence-electron chi connectivity index (χ3n) is 4.71. The van der Waals surface area contributed by atoms with Crippen molar-refractivity contribution in [1.82, 2.24) is 5.32 Å². The van der Waals surface area contributed by atoms with Crippen molar-refractivity contribution in [3.63, 3.8) is 0 Å². The fourth-order valence-electron chi connectivity index (χ4n) is 3.50. The lowest BCUT2D eigenvalue weighted by Crippen LogP contribution is -2.54. The molecule has 144 valence electrons. The Hall–Kier alpha value is -3.06. The smallest absolute Gasteiger partial charge is 0.270 e. The number of non-ortho nitro benzene ring substituents is 1. The summed E-state index contributed by atoms with van der Waals surface area (Å²) in [6.45, 7) is 8.10. The standard InChI is InChI=1S/C21H21N3O3S/c1-13-8-9-17-14(2)12-21(3,4)23(18(17)10-13)20(28)22-19(25)15-6-5-7-16(11-15)24(26)27/h5-12H,1-4H3,(H,22,25,28). The number of hydrogen-bond donors (Lipinski definition) is 1. The van der Waals surface area contributed by atoms with Crippen LogP contribution < -0.4 is 10.2 Å². The number of carbonyl (C=O) groups excluding carboxylic acids is 1. The molecule has 1 heterocycles. The molecule has 6 nitrogen and oxygen atoms in total. The van der Waals surface area contributed by atoms with E-state index < -0.39 is 16.4 Å². The van der Waals surface area contributed by atoms with Crippen LogP contribution in [0.4, 0.5) is 11.4 Å². The Labute approximate surface area is 169 Å². The predicted octanol–water partition coefficient (Wildman–Crippen LogP) is 4.62. The number of anilines is 1. The molecular weight excluding hydrogens is 374 g/mol. The monoisotopic (exact) mass is 395 g/mol. The van der Waals surface area contributed by atoms with E-state index in [1.807, 2.05) is 43.9 Å². The first-order valence-corrected chi connectivity index (χ1v) is 9.21. The van der Waals surface area contributed by atoms with Crippen LogP contribution in [0, 0.1) is 17.0 Å². The highest BCUT2D eigenvalue weighted by Gasteiger charge is 2.34. The first-order chi connectivity index (χ1) is 13.1. The van der Waals surface area contributed by atoms with Gasteiger partial charge in [-0.15, -0.1) is 0 Å². The van der Waals surface area contributed by atoms with Crippen LogP contribution in [-0.2, 0) is 0 Å². The number of nitro groups is 1. The van der Waals surface area contributed by atoms with Gasteiger partial charge in [-0.3, -0.25) is 20.2 Å². The highest BCUT2D eigenvalue weighted by atomic mass is 32.1. The minimum absolute atomic E-state index is 0.142. The normalized spacial score (nSPS) is 14.7. The summed E-state index contributed by atoms with van der Waals surface area (Å²) in [5, 5.41) is 13.9. The number of hydrogen-bond acceptors (Lipinski definition) is 4. The van der Waals surface area contributed by atoms with E-state index in [2.05, 4.69) is 18.3 Å². The van der Waals surface area contributed by atoms with Gasteiger partial charge in [-0.05, 0) is 63.2 Å². The van der Waals surface area contributed by atoms with E-state index in [-0.39, 0.29) is 16.4 Å². The molecule has 3 rings (SSSR count). The molecule has 0 unspecified atom stereocenters. The summed E-state index contributed by atoms with van der Waals surface area (Å²) >= 11 is 5.57. The Kier molecular flexibility index (Phi) is 5.04. The van der Waals surface area contributed by atoms with Crippen LogP contribution >= 0.6 is 12.2 Å². The highest BCUT2D eigenvalue weighted by molar-refractivity contribution is 7.80. The van der Waals surface area contributed by atoms with E-state index in [9.17, 15) is 14.9 Å². The fraction of sp³-hybridized carbons (Fsp3) is 0.238. The van der Waals surface area contributed by atoms with E-state index in [4.69, 9.17) is 12.2 Å². The van der Waals surface area contributed by atoms with E-state index in [0.717, 1.165) is 22.4 Å². The summed E-state index contributed by atoms with van der Waals surface area (Å²) < 4.78 is 0. The average molecular weight is 395 g/mol. The van der Waals surface area contributed by atoms with Gasteiger partial charge in [0.1, 0.15) is 0 Å². The molecule has 7 heteroatoms. The molecule has 1 aliphatic heterocycles. The highest BCUT2D eigenvalue weighted by Crippen LogP contribution is 2.39. The number of allylic oxidation sites excluding steroid dienone is 1. The summed E-state index contributed by atoms with van der Waals surface area (Å²) in [5.74, 6) is -0.482. The van der Waals surface area contributed by atoms with Crippen molar-refractivity contribution in [3.05, 3.63) is 75.3 Å². The molecule has 0 fully saturated rings. The molecule has 1 amide bonds. The van der Waals surface area contributed by atoms with Crippen LogP contribution in [0.5, 0.6) is 0 Å². The summed E-state index contributed by atoms with van der Waals surface area (Å²) in [6.07, 6.45) is 2.11. The zero-order valence-electron chi connectivity index (χ0n) is 16.1. The van der Waals surface area contributed by atoms with E-state index in [0.29, 0.717) is 0 Å². The molecule has 0 spiro atoms. The van der Waals surface area contributed by atoms with Gasteiger partial charge < -0.3 is 4.90 Å². The Morgan fingerprint density at radius 3 is 2.57 bits per heavy atom. The summed E-state index contributed by atoms with van der Waals surface area (Å²) in [6, 6.07) is 11.7. The van der Waals surface area contributed by atoms with Gasteiger partial charge in [-0.1, -0.05) is 24.3 Å². The minimum atomic E-state index is -0.532. The number of benzene rings is 2. The molecule has 0 aliphatic carbocycles. The number of nitro benzene ring substituents is 1. The number of amides is 1. The molecule has 1 aliphatic rings. The van der Waals surface area contributed by atoms with Gasteiger partial charge in [0.15, 0.2) is 5.11 Å². The second-order valence-electron chi connectivity index (χ2n) is 7.40. The molecule has 2 aromatic carbocycles. The zero-order chi connectivity index (χ0) is 20.6.